The van der Waals surface area contributed by atoms with Crippen molar-refractivity contribution in [2.75, 3.05) is 5.73 Å². The van der Waals surface area contributed by atoms with Gasteiger partial charge in [0.1, 0.15) is 5.82 Å². The molecule has 102 valence electrons. The topological polar surface area (TPSA) is 64.9 Å². The van der Waals surface area contributed by atoms with Gasteiger partial charge in [-0.2, -0.15) is 4.98 Å². The van der Waals surface area contributed by atoms with E-state index in [4.69, 9.17) is 10.3 Å². The van der Waals surface area contributed by atoms with Gasteiger partial charge in [-0.15, -0.1) is 11.8 Å². The average Bonchev–Trinajstić information content (AvgIpc) is 2.83. The van der Waals surface area contributed by atoms with Crippen LogP contribution in [0, 0.1) is 5.82 Å². The summed E-state index contributed by atoms with van der Waals surface area (Å²) in [6, 6.07) is 4.35. The zero-order valence-electron chi connectivity index (χ0n) is 10.7. The maximum atomic E-state index is 12.9. The van der Waals surface area contributed by atoms with E-state index in [0.717, 1.165) is 30.0 Å². The van der Waals surface area contributed by atoms with Crippen LogP contribution >= 0.6 is 11.8 Å². The lowest BCUT2D eigenvalue weighted by Gasteiger charge is -2.02. The number of benzene rings is 1. The predicted octanol–water partition coefficient (Wildman–Crippen LogP) is 3.43. The highest BCUT2D eigenvalue weighted by molar-refractivity contribution is 7.98. The van der Waals surface area contributed by atoms with Gasteiger partial charge < -0.3 is 10.3 Å². The van der Waals surface area contributed by atoms with Crippen molar-refractivity contribution in [1.29, 1.82) is 0 Å². The minimum Gasteiger partial charge on any atom is -0.398 e. The first-order valence-electron chi connectivity index (χ1n) is 6.18. The first-order valence-corrected chi connectivity index (χ1v) is 7.17. The van der Waals surface area contributed by atoms with E-state index in [-0.39, 0.29) is 5.82 Å². The largest absolute Gasteiger partial charge is 0.398 e. The van der Waals surface area contributed by atoms with Gasteiger partial charge in [0.05, 0.1) is 5.75 Å². The minimum atomic E-state index is -0.332. The number of hydrogen-bond donors (Lipinski definition) is 1. The highest BCUT2D eigenvalue weighted by atomic mass is 32.2. The maximum absolute atomic E-state index is 12.9. The molecular formula is C13H16FN3OS. The maximum Gasteiger partial charge on any atom is 0.237 e. The molecule has 0 aliphatic rings. The van der Waals surface area contributed by atoms with Crippen LogP contribution in [0.4, 0.5) is 10.1 Å². The second kappa shape index (κ2) is 6.56. The summed E-state index contributed by atoms with van der Waals surface area (Å²) in [5.74, 6) is 1.51. The molecule has 1 aromatic carbocycles. The number of halogens is 1. The van der Waals surface area contributed by atoms with E-state index in [1.807, 2.05) is 0 Å². The third-order valence-electron chi connectivity index (χ3n) is 2.59. The number of aryl methyl sites for hydroxylation is 1. The number of anilines is 1. The van der Waals surface area contributed by atoms with Crippen molar-refractivity contribution in [3.05, 3.63) is 35.7 Å². The number of hydrogen-bond acceptors (Lipinski definition) is 5. The fourth-order valence-electron chi connectivity index (χ4n) is 1.58. The molecule has 0 bridgehead atoms. The van der Waals surface area contributed by atoms with Crippen LogP contribution < -0.4 is 5.73 Å². The summed E-state index contributed by atoms with van der Waals surface area (Å²) < 4.78 is 18.1. The molecule has 0 aliphatic carbocycles. The van der Waals surface area contributed by atoms with Crippen molar-refractivity contribution in [2.45, 2.75) is 36.8 Å². The predicted molar refractivity (Wildman–Crippen MR) is 73.3 cm³/mol. The van der Waals surface area contributed by atoms with Crippen LogP contribution in [0.1, 0.15) is 31.5 Å². The van der Waals surface area contributed by atoms with Crippen molar-refractivity contribution in [2.24, 2.45) is 0 Å². The number of unbranched alkanes of at least 4 members (excludes halogenated alkanes) is 1. The molecule has 0 fully saturated rings. The summed E-state index contributed by atoms with van der Waals surface area (Å²) in [5.41, 5.74) is 6.16. The summed E-state index contributed by atoms with van der Waals surface area (Å²) in [6.45, 7) is 2.12. The molecule has 6 heteroatoms. The Morgan fingerprint density at radius 2 is 2.26 bits per heavy atom. The number of nitrogen functional groups attached to an aromatic ring is 1. The Kier molecular flexibility index (Phi) is 4.79. The highest BCUT2D eigenvalue weighted by Gasteiger charge is 2.08. The first kappa shape index (κ1) is 13.9. The van der Waals surface area contributed by atoms with Crippen LogP contribution in [0.25, 0.3) is 0 Å². The third kappa shape index (κ3) is 3.96. The SMILES string of the molecule is CCCCc1noc(CSc2ccc(F)cc2N)n1. The van der Waals surface area contributed by atoms with Crippen LogP contribution in [0.2, 0.25) is 0 Å². The molecule has 0 radical (unpaired) electrons. The zero-order valence-corrected chi connectivity index (χ0v) is 11.5. The number of aromatic nitrogens is 2. The molecule has 19 heavy (non-hydrogen) atoms. The van der Waals surface area contributed by atoms with Crippen LogP contribution in [-0.2, 0) is 12.2 Å². The van der Waals surface area contributed by atoms with Gasteiger partial charge in [0.25, 0.3) is 0 Å². The van der Waals surface area contributed by atoms with Crippen molar-refractivity contribution >= 4 is 17.4 Å². The summed E-state index contributed by atoms with van der Waals surface area (Å²) in [7, 11) is 0. The second-order valence-electron chi connectivity index (χ2n) is 4.18. The van der Waals surface area contributed by atoms with Gasteiger partial charge >= 0.3 is 0 Å². The van der Waals surface area contributed by atoms with Crippen LogP contribution in [-0.4, -0.2) is 10.1 Å². The second-order valence-corrected chi connectivity index (χ2v) is 5.20. The van der Waals surface area contributed by atoms with Gasteiger partial charge in [0, 0.05) is 17.0 Å². The van der Waals surface area contributed by atoms with E-state index in [9.17, 15) is 4.39 Å². The van der Waals surface area contributed by atoms with Gasteiger partial charge in [-0.25, -0.2) is 4.39 Å². The molecule has 0 amide bonds. The fourth-order valence-corrected chi connectivity index (χ4v) is 2.36. The Morgan fingerprint density at radius 1 is 1.42 bits per heavy atom. The Bertz CT molecular complexity index is 544. The van der Waals surface area contributed by atoms with Crippen molar-refractivity contribution in [1.82, 2.24) is 10.1 Å². The molecule has 0 unspecified atom stereocenters. The molecule has 1 heterocycles. The first-order chi connectivity index (χ1) is 9.19. The Labute approximate surface area is 115 Å². The van der Waals surface area contributed by atoms with Crippen LogP contribution in [0.15, 0.2) is 27.6 Å². The van der Waals surface area contributed by atoms with E-state index in [2.05, 4.69) is 17.1 Å². The van der Waals surface area contributed by atoms with Crippen LogP contribution in [0.5, 0.6) is 0 Å². The fraction of sp³-hybridized carbons (Fsp3) is 0.385. The zero-order chi connectivity index (χ0) is 13.7. The molecule has 2 aromatic rings. The smallest absolute Gasteiger partial charge is 0.237 e. The minimum absolute atomic E-state index is 0.332. The lowest BCUT2D eigenvalue weighted by molar-refractivity contribution is 0.384. The quantitative estimate of drug-likeness (QED) is 0.649. The third-order valence-corrected chi connectivity index (χ3v) is 3.66. The lowest BCUT2D eigenvalue weighted by Crippen LogP contribution is -1.91. The molecule has 2 rings (SSSR count). The molecule has 0 spiro atoms. The van der Waals surface area contributed by atoms with Gasteiger partial charge in [-0.3, -0.25) is 0 Å². The lowest BCUT2D eigenvalue weighted by atomic mass is 10.2. The number of rotatable bonds is 6. The summed E-state index contributed by atoms with van der Waals surface area (Å²) >= 11 is 1.46. The molecular weight excluding hydrogens is 265 g/mol. The normalized spacial score (nSPS) is 10.8. The standard InChI is InChI=1S/C13H16FN3OS/c1-2-3-4-12-16-13(18-17-12)8-19-11-6-5-9(14)7-10(11)15/h5-7H,2-4,8,15H2,1H3. The number of thioether (sulfide) groups is 1. The van der Waals surface area contributed by atoms with Crippen molar-refractivity contribution < 1.29 is 8.91 Å². The summed E-state index contributed by atoms with van der Waals surface area (Å²) in [4.78, 5) is 5.11. The van der Waals surface area contributed by atoms with Crippen molar-refractivity contribution in [3.8, 4) is 0 Å². The van der Waals surface area contributed by atoms with Crippen molar-refractivity contribution in [3.63, 3.8) is 0 Å². The Hall–Kier alpha value is -1.56. The van der Waals surface area contributed by atoms with E-state index in [1.54, 1.807) is 6.07 Å². The number of nitrogens with zero attached hydrogens (tertiary/aromatic N) is 2. The van der Waals surface area contributed by atoms with E-state index >= 15 is 0 Å². The van der Waals surface area contributed by atoms with Gasteiger partial charge in [0.15, 0.2) is 5.82 Å². The van der Waals surface area contributed by atoms with E-state index < -0.39 is 0 Å². The Balaban J connectivity index is 1.92. The highest BCUT2D eigenvalue weighted by Crippen LogP contribution is 2.28. The molecule has 2 N–H and O–H groups in total. The number of nitrogens with two attached hydrogens (primary N) is 1. The Morgan fingerprint density at radius 3 is 3.00 bits per heavy atom. The molecule has 0 aliphatic heterocycles. The van der Waals surface area contributed by atoms with Crippen LogP contribution in [0.3, 0.4) is 0 Å². The van der Waals surface area contributed by atoms with Gasteiger partial charge in [-0.1, -0.05) is 18.5 Å². The summed E-state index contributed by atoms with van der Waals surface area (Å²) in [5, 5.41) is 3.91. The van der Waals surface area contributed by atoms with Gasteiger partial charge in [-0.05, 0) is 24.6 Å². The molecule has 0 saturated heterocycles. The monoisotopic (exact) mass is 281 g/mol. The van der Waals surface area contributed by atoms with E-state index in [1.165, 1.54) is 23.9 Å². The molecule has 1 aromatic heterocycles. The van der Waals surface area contributed by atoms with E-state index in [0.29, 0.717) is 17.3 Å². The molecule has 0 atom stereocenters. The molecule has 0 saturated carbocycles. The summed E-state index contributed by atoms with van der Waals surface area (Å²) in [6.07, 6.45) is 2.99. The molecule has 4 nitrogen and oxygen atoms in total. The van der Waals surface area contributed by atoms with Gasteiger partial charge in [0.2, 0.25) is 5.89 Å². The average molecular weight is 281 g/mol.